The first-order chi connectivity index (χ1) is 11.7. The second-order valence-electron chi connectivity index (χ2n) is 7.35. The summed E-state index contributed by atoms with van der Waals surface area (Å²) in [6.07, 6.45) is 0. The minimum Gasteiger partial charge on any atom is -0.346 e. The van der Waals surface area contributed by atoms with Gasteiger partial charge in [-0.1, -0.05) is 57.2 Å². The molecule has 2 rings (SSSR count). The van der Waals surface area contributed by atoms with E-state index >= 15 is 0 Å². The first kappa shape index (κ1) is 18.9. The van der Waals surface area contributed by atoms with E-state index < -0.39 is 11.5 Å². The van der Waals surface area contributed by atoms with Crippen LogP contribution in [0.5, 0.6) is 0 Å². The van der Waals surface area contributed by atoms with Crippen LogP contribution in [0.2, 0.25) is 0 Å². The van der Waals surface area contributed by atoms with Crippen molar-refractivity contribution in [3.8, 4) is 0 Å². The van der Waals surface area contributed by atoms with Crippen molar-refractivity contribution in [1.29, 1.82) is 0 Å². The van der Waals surface area contributed by atoms with Crippen molar-refractivity contribution < 1.29 is 9.59 Å². The summed E-state index contributed by atoms with van der Waals surface area (Å²) in [5, 5.41) is 7.90. The summed E-state index contributed by atoms with van der Waals surface area (Å²) < 4.78 is 0. The van der Waals surface area contributed by atoms with Crippen LogP contribution in [0.4, 0.5) is 0 Å². The molecule has 0 aliphatic rings. The van der Waals surface area contributed by atoms with Crippen molar-refractivity contribution in [1.82, 2.24) is 10.6 Å². The third kappa shape index (κ3) is 4.79. The summed E-state index contributed by atoms with van der Waals surface area (Å²) in [7, 11) is 0. The molecule has 2 amide bonds. The molecule has 5 nitrogen and oxygen atoms in total. The van der Waals surface area contributed by atoms with Gasteiger partial charge in [-0.3, -0.25) is 9.59 Å². The molecule has 0 saturated carbocycles. The summed E-state index contributed by atoms with van der Waals surface area (Å²) in [6.45, 7) is 7.39. The van der Waals surface area contributed by atoms with Gasteiger partial charge >= 0.3 is 0 Å². The monoisotopic (exact) mass is 341 g/mol. The van der Waals surface area contributed by atoms with E-state index in [0.29, 0.717) is 0 Å². The molecular weight excluding hydrogens is 314 g/mol. The first-order valence-corrected chi connectivity index (χ1v) is 8.52. The standard InChI is InChI=1S/C20H27N3O2/c1-13(22-19(25)20(2,3)4)18(24)23-17(12-21)16-10-9-14-7-5-6-8-15(14)11-16/h5-11,13,17H,12,21H2,1-4H3,(H,22,25)(H,23,24). The number of nitrogens with two attached hydrogens (primary N) is 1. The molecule has 0 aromatic heterocycles. The van der Waals surface area contributed by atoms with Gasteiger partial charge in [0.1, 0.15) is 6.04 Å². The van der Waals surface area contributed by atoms with Crippen LogP contribution in [-0.2, 0) is 9.59 Å². The first-order valence-electron chi connectivity index (χ1n) is 8.52. The molecule has 0 fully saturated rings. The van der Waals surface area contributed by atoms with E-state index in [9.17, 15) is 9.59 Å². The molecule has 0 heterocycles. The lowest BCUT2D eigenvalue weighted by Gasteiger charge is -2.24. The molecule has 2 aromatic rings. The van der Waals surface area contributed by atoms with E-state index in [4.69, 9.17) is 5.73 Å². The Bertz CT molecular complexity index is 765. The van der Waals surface area contributed by atoms with Crippen molar-refractivity contribution >= 4 is 22.6 Å². The number of hydrogen-bond acceptors (Lipinski definition) is 3. The quantitative estimate of drug-likeness (QED) is 0.781. The van der Waals surface area contributed by atoms with Gasteiger partial charge in [0.05, 0.1) is 6.04 Å². The lowest BCUT2D eigenvalue weighted by molar-refractivity contribution is -0.133. The van der Waals surface area contributed by atoms with Crippen molar-refractivity contribution in [2.75, 3.05) is 6.54 Å². The molecule has 2 atom stereocenters. The highest BCUT2D eigenvalue weighted by Gasteiger charge is 2.26. The van der Waals surface area contributed by atoms with E-state index in [0.717, 1.165) is 16.3 Å². The van der Waals surface area contributed by atoms with Crippen molar-refractivity contribution in [2.24, 2.45) is 11.1 Å². The Hall–Kier alpha value is -2.40. The Balaban J connectivity index is 2.09. The van der Waals surface area contributed by atoms with Crippen LogP contribution in [-0.4, -0.2) is 24.4 Å². The van der Waals surface area contributed by atoms with Gasteiger partial charge in [-0.15, -0.1) is 0 Å². The molecular formula is C20H27N3O2. The molecule has 0 aliphatic heterocycles. The maximum atomic E-state index is 12.4. The number of benzene rings is 2. The van der Waals surface area contributed by atoms with Crippen LogP contribution in [0.1, 0.15) is 39.3 Å². The van der Waals surface area contributed by atoms with E-state index in [2.05, 4.69) is 10.6 Å². The highest BCUT2D eigenvalue weighted by Crippen LogP contribution is 2.20. The van der Waals surface area contributed by atoms with Crippen LogP contribution in [0.3, 0.4) is 0 Å². The zero-order valence-corrected chi connectivity index (χ0v) is 15.3. The fourth-order valence-electron chi connectivity index (χ4n) is 2.48. The maximum absolute atomic E-state index is 12.4. The Morgan fingerprint density at radius 3 is 2.28 bits per heavy atom. The molecule has 25 heavy (non-hydrogen) atoms. The third-order valence-corrected chi connectivity index (χ3v) is 4.15. The second kappa shape index (κ2) is 7.66. The number of rotatable bonds is 5. The summed E-state index contributed by atoms with van der Waals surface area (Å²) in [5.41, 5.74) is 6.27. The largest absolute Gasteiger partial charge is 0.346 e. The predicted molar refractivity (Wildman–Crippen MR) is 101 cm³/mol. The molecule has 4 N–H and O–H groups in total. The van der Waals surface area contributed by atoms with E-state index in [-0.39, 0.29) is 24.4 Å². The Kier molecular flexibility index (Phi) is 5.80. The van der Waals surface area contributed by atoms with E-state index in [1.165, 1.54) is 0 Å². The number of carbonyl (C=O) groups excluding carboxylic acids is 2. The van der Waals surface area contributed by atoms with Gasteiger partial charge < -0.3 is 16.4 Å². The van der Waals surface area contributed by atoms with Gasteiger partial charge in [0, 0.05) is 12.0 Å². The average Bonchev–Trinajstić information content (AvgIpc) is 2.58. The molecule has 5 heteroatoms. The molecule has 0 spiro atoms. The fraction of sp³-hybridized carbons (Fsp3) is 0.400. The Morgan fingerprint density at radius 2 is 1.68 bits per heavy atom. The predicted octanol–water partition coefficient (Wildman–Crippen LogP) is 2.51. The topological polar surface area (TPSA) is 84.2 Å². The number of carbonyl (C=O) groups is 2. The Morgan fingerprint density at radius 1 is 1.04 bits per heavy atom. The van der Waals surface area contributed by atoms with E-state index in [1.54, 1.807) is 6.92 Å². The van der Waals surface area contributed by atoms with Gasteiger partial charge in [-0.05, 0) is 29.3 Å². The second-order valence-corrected chi connectivity index (χ2v) is 7.35. The van der Waals surface area contributed by atoms with Gasteiger partial charge in [-0.2, -0.15) is 0 Å². The molecule has 0 saturated heterocycles. The van der Waals surface area contributed by atoms with Crippen LogP contribution in [0.25, 0.3) is 10.8 Å². The maximum Gasteiger partial charge on any atom is 0.242 e. The number of hydrogen-bond donors (Lipinski definition) is 3. The van der Waals surface area contributed by atoms with Crippen molar-refractivity contribution in [3.05, 3.63) is 48.0 Å². The molecule has 2 aromatic carbocycles. The molecule has 134 valence electrons. The number of fused-ring (bicyclic) bond motifs is 1. The minimum atomic E-state index is -0.624. The summed E-state index contributed by atoms with van der Waals surface area (Å²) in [4.78, 5) is 24.5. The minimum absolute atomic E-state index is 0.162. The molecule has 2 unspecified atom stereocenters. The lowest BCUT2D eigenvalue weighted by atomic mass is 9.95. The number of nitrogens with one attached hydrogen (secondary N) is 2. The van der Waals surface area contributed by atoms with Gasteiger partial charge in [0.2, 0.25) is 11.8 Å². The van der Waals surface area contributed by atoms with Crippen molar-refractivity contribution in [3.63, 3.8) is 0 Å². The zero-order valence-electron chi connectivity index (χ0n) is 15.3. The van der Waals surface area contributed by atoms with E-state index in [1.807, 2.05) is 63.2 Å². The Labute approximate surface area is 149 Å². The third-order valence-electron chi connectivity index (χ3n) is 4.15. The average molecular weight is 341 g/mol. The normalized spacial score (nSPS) is 14.0. The smallest absolute Gasteiger partial charge is 0.242 e. The molecule has 0 aliphatic carbocycles. The number of amides is 2. The zero-order chi connectivity index (χ0) is 18.6. The van der Waals surface area contributed by atoms with Crippen molar-refractivity contribution in [2.45, 2.75) is 39.8 Å². The van der Waals surface area contributed by atoms with Gasteiger partial charge in [0.15, 0.2) is 0 Å². The van der Waals surface area contributed by atoms with Crippen LogP contribution in [0.15, 0.2) is 42.5 Å². The summed E-state index contributed by atoms with van der Waals surface area (Å²) in [5.74, 6) is -0.411. The SMILES string of the molecule is CC(NC(=O)C(C)(C)C)C(=O)NC(CN)c1ccc2ccccc2c1. The summed E-state index contributed by atoms with van der Waals surface area (Å²) >= 11 is 0. The summed E-state index contributed by atoms with van der Waals surface area (Å²) in [6, 6.07) is 13.1. The highest BCUT2D eigenvalue weighted by molar-refractivity contribution is 5.89. The highest BCUT2D eigenvalue weighted by atomic mass is 16.2. The van der Waals surface area contributed by atoms with Gasteiger partial charge in [0.25, 0.3) is 0 Å². The van der Waals surface area contributed by atoms with Crippen LogP contribution in [0, 0.1) is 5.41 Å². The van der Waals surface area contributed by atoms with Gasteiger partial charge in [-0.25, -0.2) is 0 Å². The fourth-order valence-corrected chi connectivity index (χ4v) is 2.48. The lowest BCUT2D eigenvalue weighted by Crippen LogP contribution is -2.49. The van der Waals surface area contributed by atoms with Crippen LogP contribution < -0.4 is 16.4 Å². The van der Waals surface area contributed by atoms with Crippen LogP contribution >= 0.6 is 0 Å². The molecule has 0 bridgehead atoms. The molecule has 0 radical (unpaired) electrons.